The van der Waals surface area contributed by atoms with E-state index in [2.05, 4.69) is 46.1 Å². The highest BCUT2D eigenvalue weighted by Gasteiger charge is 2.19. The van der Waals surface area contributed by atoms with E-state index < -0.39 is 0 Å². The van der Waals surface area contributed by atoms with Gasteiger partial charge in [-0.3, -0.25) is 9.78 Å². The van der Waals surface area contributed by atoms with Gasteiger partial charge in [0.15, 0.2) is 0 Å². The molecule has 7 nitrogen and oxygen atoms in total. The van der Waals surface area contributed by atoms with Gasteiger partial charge in [-0.2, -0.15) is 0 Å². The van der Waals surface area contributed by atoms with E-state index in [-0.39, 0.29) is 5.91 Å². The minimum atomic E-state index is -0.277. The molecule has 0 bridgehead atoms. The Morgan fingerprint density at radius 3 is 2.36 bits per heavy atom. The van der Waals surface area contributed by atoms with E-state index in [1.807, 2.05) is 32.2 Å². The van der Waals surface area contributed by atoms with Crippen molar-refractivity contribution < 1.29 is 14.3 Å². The van der Waals surface area contributed by atoms with Crippen LogP contribution in [0, 0.1) is 13.8 Å². The Balaban J connectivity index is 1.54. The predicted molar refractivity (Wildman–Crippen MR) is 131 cm³/mol. The molecule has 0 radical (unpaired) electrons. The van der Waals surface area contributed by atoms with Crippen molar-refractivity contribution >= 4 is 17.3 Å². The predicted octanol–water partition coefficient (Wildman–Crippen LogP) is 4.16. The first-order valence-electron chi connectivity index (χ1n) is 11.0. The molecule has 0 spiro atoms. The highest BCUT2D eigenvalue weighted by molar-refractivity contribution is 6.04. The van der Waals surface area contributed by atoms with E-state index in [1.165, 1.54) is 0 Å². The molecule has 1 amide bonds. The molecule has 7 heteroatoms. The van der Waals surface area contributed by atoms with Gasteiger partial charge in [0.05, 0.1) is 26.4 Å². The van der Waals surface area contributed by atoms with Crippen LogP contribution in [-0.2, 0) is 11.3 Å². The summed E-state index contributed by atoms with van der Waals surface area (Å²) in [7, 11) is 3.52. The zero-order valence-electron chi connectivity index (χ0n) is 19.5. The summed E-state index contributed by atoms with van der Waals surface area (Å²) in [4.78, 5) is 17.4. The van der Waals surface area contributed by atoms with Crippen molar-refractivity contribution in [2.75, 3.05) is 38.0 Å². The summed E-state index contributed by atoms with van der Waals surface area (Å²) in [5.41, 5.74) is 7.41. The minimum Gasteiger partial charge on any atom is -0.496 e. The Labute approximate surface area is 194 Å². The van der Waals surface area contributed by atoms with Gasteiger partial charge in [-0.05, 0) is 48.2 Å². The topological polar surface area (TPSA) is 84.5 Å². The summed E-state index contributed by atoms with van der Waals surface area (Å²) >= 11 is 0. The standard InChI is InChI=1S/C26H30N4O3/c1-16-20(7-5-9-22(16)27-3)21-8-6-10-23(17(21)2)30-26(31)24-11-25(32-4)18(13-29-24)12-28-19-14-33-15-19/h5-11,13,19,27-28H,12,14-15H2,1-4H3,(H,30,31). The molecule has 172 valence electrons. The number of benzene rings is 2. The molecule has 2 heterocycles. The molecule has 1 aliphatic heterocycles. The fourth-order valence-electron chi connectivity index (χ4n) is 3.97. The maximum absolute atomic E-state index is 13.0. The van der Waals surface area contributed by atoms with Crippen LogP contribution in [0.25, 0.3) is 11.1 Å². The van der Waals surface area contributed by atoms with E-state index in [1.54, 1.807) is 19.4 Å². The summed E-state index contributed by atoms with van der Waals surface area (Å²) < 4.78 is 10.7. The van der Waals surface area contributed by atoms with Crippen molar-refractivity contribution in [3.63, 3.8) is 0 Å². The van der Waals surface area contributed by atoms with Crippen LogP contribution in [0.2, 0.25) is 0 Å². The highest BCUT2D eigenvalue weighted by Crippen LogP contribution is 2.33. The van der Waals surface area contributed by atoms with Crippen molar-refractivity contribution in [3.8, 4) is 16.9 Å². The van der Waals surface area contributed by atoms with Gasteiger partial charge in [0, 0.05) is 42.8 Å². The SMILES string of the molecule is CNc1cccc(-c2cccc(NC(=O)c3cc(OC)c(CNC4COC4)cn3)c2C)c1C. The van der Waals surface area contributed by atoms with Gasteiger partial charge < -0.3 is 25.4 Å². The first kappa shape index (κ1) is 22.8. The molecule has 0 unspecified atom stereocenters. The quantitative estimate of drug-likeness (QED) is 0.482. The average Bonchev–Trinajstić information content (AvgIpc) is 2.80. The molecular weight excluding hydrogens is 416 g/mol. The molecular formula is C26H30N4O3. The molecule has 1 fully saturated rings. The summed E-state index contributed by atoms with van der Waals surface area (Å²) in [6, 6.07) is 14.2. The third kappa shape index (κ3) is 4.84. The Kier molecular flexibility index (Phi) is 6.91. The Bertz CT molecular complexity index is 1160. The van der Waals surface area contributed by atoms with Gasteiger partial charge in [-0.15, -0.1) is 0 Å². The van der Waals surface area contributed by atoms with Crippen molar-refractivity contribution in [2.45, 2.75) is 26.4 Å². The van der Waals surface area contributed by atoms with Gasteiger partial charge in [-0.25, -0.2) is 0 Å². The molecule has 33 heavy (non-hydrogen) atoms. The fourth-order valence-corrected chi connectivity index (χ4v) is 3.97. The van der Waals surface area contributed by atoms with Crippen LogP contribution in [0.3, 0.4) is 0 Å². The maximum Gasteiger partial charge on any atom is 0.274 e. The van der Waals surface area contributed by atoms with Crippen molar-refractivity contribution in [1.29, 1.82) is 0 Å². The third-order valence-corrected chi connectivity index (χ3v) is 6.09. The molecule has 3 N–H and O–H groups in total. The van der Waals surface area contributed by atoms with Gasteiger partial charge in [-0.1, -0.05) is 24.3 Å². The van der Waals surface area contributed by atoms with E-state index in [9.17, 15) is 4.79 Å². The number of rotatable bonds is 8. The van der Waals surface area contributed by atoms with E-state index in [4.69, 9.17) is 9.47 Å². The fraction of sp³-hybridized carbons (Fsp3) is 0.308. The highest BCUT2D eigenvalue weighted by atomic mass is 16.5. The zero-order valence-corrected chi connectivity index (χ0v) is 19.5. The van der Waals surface area contributed by atoms with Crippen molar-refractivity contribution in [1.82, 2.24) is 10.3 Å². The Hall–Kier alpha value is -3.42. The van der Waals surface area contributed by atoms with E-state index in [0.717, 1.165) is 39.2 Å². The number of hydrogen-bond donors (Lipinski definition) is 3. The Morgan fingerprint density at radius 1 is 1.09 bits per heavy atom. The van der Waals surface area contributed by atoms with Crippen LogP contribution >= 0.6 is 0 Å². The van der Waals surface area contributed by atoms with Crippen molar-refractivity contribution in [2.24, 2.45) is 0 Å². The minimum absolute atomic E-state index is 0.277. The van der Waals surface area contributed by atoms with Crippen LogP contribution in [0.1, 0.15) is 27.2 Å². The lowest BCUT2D eigenvalue weighted by Gasteiger charge is -2.27. The monoisotopic (exact) mass is 446 g/mol. The molecule has 2 aromatic carbocycles. The number of carbonyl (C=O) groups excluding carboxylic acids is 1. The third-order valence-electron chi connectivity index (χ3n) is 6.09. The Morgan fingerprint density at radius 2 is 1.76 bits per heavy atom. The number of methoxy groups -OCH3 is 1. The first-order chi connectivity index (χ1) is 16.0. The molecule has 4 rings (SSSR count). The smallest absolute Gasteiger partial charge is 0.274 e. The van der Waals surface area contributed by atoms with Crippen LogP contribution in [0.15, 0.2) is 48.7 Å². The molecule has 0 saturated carbocycles. The number of amides is 1. The summed E-state index contributed by atoms with van der Waals surface area (Å²) in [5, 5.41) is 9.64. The van der Waals surface area contributed by atoms with Crippen LogP contribution < -0.4 is 20.7 Å². The van der Waals surface area contributed by atoms with Crippen molar-refractivity contribution in [3.05, 3.63) is 71.0 Å². The summed E-state index contributed by atoms with van der Waals surface area (Å²) in [5.74, 6) is 0.356. The van der Waals surface area contributed by atoms with Crippen LogP contribution in [-0.4, -0.2) is 44.3 Å². The second-order valence-electron chi connectivity index (χ2n) is 8.16. The number of nitrogens with one attached hydrogen (secondary N) is 3. The molecule has 0 atom stereocenters. The maximum atomic E-state index is 13.0. The number of anilines is 2. The van der Waals surface area contributed by atoms with E-state index >= 15 is 0 Å². The van der Waals surface area contributed by atoms with E-state index in [0.29, 0.717) is 37.2 Å². The number of carbonyl (C=O) groups is 1. The van der Waals surface area contributed by atoms with Crippen LogP contribution in [0.4, 0.5) is 11.4 Å². The van der Waals surface area contributed by atoms with Gasteiger partial charge in [0.2, 0.25) is 0 Å². The molecule has 1 saturated heterocycles. The summed E-state index contributed by atoms with van der Waals surface area (Å²) in [6.07, 6.45) is 1.69. The van der Waals surface area contributed by atoms with Crippen LogP contribution in [0.5, 0.6) is 5.75 Å². The van der Waals surface area contributed by atoms with Gasteiger partial charge in [0.1, 0.15) is 11.4 Å². The number of hydrogen-bond acceptors (Lipinski definition) is 6. The van der Waals surface area contributed by atoms with Gasteiger partial charge >= 0.3 is 0 Å². The number of nitrogens with zero attached hydrogens (tertiary/aromatic N) is 1. The lowest BCUT2D eigenvalue weighted by atomic mass is 9.94. The molecule has 1 aromatic heterocycles. The largest absolute Gasteiger partial charge is 0.496 e. The average molecular weight is 447 g/mol. The number of aromatic nitrogens is 1. The normalized spacial score (nSPS) is 13.3. The lowest BCUT2D eigenvalue weighted by molar-refractivity contribution is -0.00585. The zero-order chi connectivity index (χ0) is 23.4. The molecule has 0 aliphatic carbocycles. The molecule has 1 aliphatic rings. The number of ether oxygens (including phenoxy) is 2. The van der Waals surface area contributed by atoms with Gasteiger partial charge in [0.25, 0.3) is 5.91 Å². The number of pyridine rings is 1. The lowest BCUT2D eigenvalue weighted by Crippen LogP contribution is -2.45. The first-order valence-corrected chi connectivity index (χ1v) is 11.0. The second kappa shape index (κ2) is 10.0. The summed E-state index contributed by atoms with van der Waals surface area (Å²) in [6.45, 7) is 6.15. The second-order valence-corrected chi connectivity index (χ2v) is 8.16. The molecule has 3 aromatic rings.